The summed E-state index contributed by atoms with van der Waals surface area (Å²) in [5.41, 5.74) is 2.43. The zero-order chi connectivity index (χ0) is 13.2. The SMILES string of the molecule is Fc1cccc(F)c1CC1CCNc2ccccc21. The van der Waals surface area contributed by atoms with Crippen LogP contribution in [0.4, 0.5) is 14.5 Å². The second kappa shape index (κ2) is 5.00. The first kappa shape index (κ1) is 12.2. The van der Waals surface area contributed by atoms with Crippen LogP contribution in [0.1, 0.15) is 23.5 Å². The van der Waals surface area contributed by atoms with Gasteiger partial charge in [-0.2, -0.15) is 0 Å². The van der Waals surface area contributed by atoms with E-state index in [1.807, 2.05) is 24.3 Å². The highest BCUT2D eigenvalue weighted by Gasteiger charge is 2.22. The molecule has 3 heteroatoms. The van der Waals surface area contributed by atoms with Crippen molar-refractivity contribution >= 4 is 5.69 Å². The number of fused-ring (bicyclic) bond motifs is 1. The van der Waals surface area contributed by atoms with E-state index in [0.717, 1.165) is 24.2 Å². The summed E-state index contributed by atoms with van der Waals surface area (Å²) in [6, 6.07) is 12.0. The zero-order valence-electron chi connectivity index (χ0n) is 10.5. The van der Waals surface area contributed by atoms with Crippen molar-refractivity contribution in [3.63, 3.8) is 0 Å². The average Bonchev–Trinajstić information content (AvgIpc) is 2.43. The normalized spacial score (nSPS) is 17.7. The minimum atomic E-state index is -0.448. The molecule has 0 radical (unpaired) electrons. The topological polar surface area (TPSA) is 12.0 Å². The van der Waals surface area contributed by atoms with Crippen LogP contribution in [0, 0.1) is 11.6 Å². The van der Waals surface area contributed by atoms with Gasteiger partial charge in [-0.05, 0) is 42.5 Å². The van der Waals surface area contributed by atoms with Gasteiger partial charge < -0.3 is 5.32 Å². The van der Waals surface area contributed by atoms with Gasteiger partial charge in [0.15, 0.2) is 0 Å². The van der Waals surface area contributed by atoms with Gasteiger partial charge in [0.1, 0.15) is 11.6 Å². The number of anilines is 1. The maximum absolute atomic E-state index is 13.7. The van der Waals surface area contributed by atoms with Crippen LogP contribution in [0.5, 0.6) is 0 Å². The Morgan fingerprint density at radius 1 is 1.00 bits per heavy atom. The molecular weight excluding hydrogens is 244 g/mol. The molecule has 0 aromatic heterocycles. The lowest BCUT2D eigenvalue weighted by Gasteiger charge is -2.27. The molecule has 1 heterocycles. The smallest absolute Gasteiger partial charge is 0.129 e. The molecule has 19 heavy (non-hydrogen) atoms. The minimum Gasteiger partial charge on any atom is -0.385 e. The number of rotatable bonds is 2. The van der Waals surface area contributed by atoms with Crippen molar-refractivity contribution in [1.29, 1.82) is 0 Å². The summed E-state index contributed by atoms with van der Waals surface area (Å²) in [4.78, 5) is 0. The summed E-state index contributed by atoms with van der Waals surface area (Å²) < 4.78 is 27.5. The predicted molar refractivity (Wildman–Crippen MR) is 72.4 cm³/mol. The van der Waals surface area contributed by atoms with Gasteiger partial charge in [-0.1, -0.05) is 24.3 Å². The number of para-hydroxylation sites is 1. The van der Waals surface area contributed by atoms with Crippen LogP contribution in [-0.2, 0) is 6.42 Å². The van der Waals surface area contributed by atoms with Gasteiger partial charge in [0, 0.05) is 17.8 Å². The molecule has 1 nitrogen and oxygen atoms in total. The number of hydrogen-bond acceptors (Lipinski definition) is 1. The Kier molecular flexibility index (Phi) is 3.20. The molecule has 0 amide bonds. The fourth-order valence-electron chi connectivity index (χ4n) is 2.74. The lowest BCUT2D eigenvalue weighted by atomic mass is 9.85. The highest BCUT2D eigenvalue weighted by atomic mass is 19.1. The monoisotopic (exact) mass is 259 g/mol. The van der Waals surface area contributed by atoms with Crippen LogP contribution < -0.4 is 5.32 Å². The molecule has 0 saturated heterocycles. The van der Waals surface area contributed by atoms with Crippen molar-refractivity contribution < 1.29 is 8.78 Å². The lowest BCUT2D eigenvalue weighted by Crippen LogP contribution is -2.19. The van der Waals surface area contributed by atoms with Crippen LogP contribution >= 0.6 is 0 Å². The van der Waals surface area contributed by atoms with Crippen LogP contribution in [0.2, 0.25) is 0 Å². The molecule has 0 bridgehead atoms. The Balaban J connectivity index is 1.93. The summed E-state index contributed by atoms with van der Waals surface area (Å²) in [6.45, 7) is 0.845. The number of hydrogen-bond donors (Lipinski definition) is 1. The van der Waals surface area contributed by atoms with Crippen molar-refractivity contribution in [2.24, 2.45) is 0 Å². The molecule has 1 unspecified atom stereocenters. The molecular formula is C16H15F2N. The fourth-order valence-corrected chi connectivity index (χ4v) is 2.74. The maximum atomic E-state index is 13.7. The maximum Gasteiger partial charge on any atom is 0.129 e. The van der Waals surface area contributed by atoms with E-state index in [0.29, 0.717) is 6.42 Å². The van der Waals surface area contributed by atoms with E-state index in [9.17, 15) is 8.78 Å². The minimum absolute atomic E-state index is 0.170. The molecule has 0 fully saturated rings. The zero-order valence-corrected chi connectivity index (χ0v) is 10.5. The van der Waals surface area contributed by atoms with Gasteiger partial charge >= 0.3 is 0 Å². The lowest BCUT2D eigenvalue weighted by molar-refractivity contribution is 0.526. The van der Waals surface area contributed by atoms with Crippen molar-refractivity contribution in [3.8, 4) is 0 Å². The van der Waals surface area contributed by atoms with Gasteiger partial charge in [-0.25, -0.2) is 8.78 Å². The molecule has 1 aliphatic rings. The van der Waals surface area contributed by atoms with E-state index in [2.05, 4.69) is 5.32 Å². The molecule has 2 aromatic carbocycles. The largest absolute Gasteiger partial charge is 0.385 e. The van der Waals surface area contributed by atoms with Crippen molar-refractivity contribution in [2.75, 3.05) is 11.9 Å². The van der Waals surface area contributed by atoms with Crippen LogP contribution in [0.3, 0.4) is 0 Å². The first-order chi connectivity index (χ1) is 9.25. The first-order valence-corrected chi connectivity index (χ1v) is 6.51. The summed E-state index contributed by atoms with van der Waals surface area (Å²) >= 11 is 0. The van der Waals surface area contributed by atoms with Gasteiger partial charge in [-0.15, -0.1) is 0 Å². The average molecular weight is 259 g/mol. The van der Waals surface area contributed by atoms with Gasteiger partial charge in [0.2, 0.25) is 0 Å². The molecule has 1 atom stereocenters. The second-order valence-corrected chi connectivity index (χ2v) is 4.90. The van der Waals surface area contributed by atoms with Gasteiger partial charge in [0.25, 0.3) is 0 Å². The second-order valence-electron chi connectivity index (χ2n) is 4.90. The number of benzene rings is 2. The van der Waals surface area contributed by atoms with Gasteiger partial charge in [0.05, 0.1) is 0 Å². The van der Waals surface area contributed by atoms with Crippen molar-refractivity contribution in [2.45, 2.75) is 18.8 Å². The Hall–Kier alpha value is -1.90. The molecule has 1 aliphatic heterocycles. The first-order valence-electron chi connectivity index (χ1n) is 6.51. The number of nitrogens with one attached hydrogen (secondary N) is 1. The third-order valence-corrected chi connectivity index (χ3v) is 3.72. The van der Waals surface area contributed by atoms with E-state index in [1.54, 1.807) is 0 Å². The summed E-state index contributed by atoms with van der Waals surface area (Å²) in [5.74, 6) is -0.726. The molecule has 1 N–H and O–H groups in total. The summed E-state index contributed by atoms with van der Waals surface area (Å²) in [7, 11) is 0. The molecule has 98 valence electrons. The molecule has 3 rings (SSSR count). The Morgan fingerprint density at radius 3 is 2.53 bits per heavy atom. The van der Waals surface area contributed by atoms with E-state index < -0.39 is 11.6 Å². The van der Waals surface area contributed by atoms with Crippen LogP contribution in [0.25, 0.3) is 0 Å². The third-order valence-electron chi connectivity index (χ3n) is 3.72. The molecule has 2 aromatic rings. The fraction of sp³-hybridized carbons (Fsp3) is 0.250. The summed E-state index contributed by atoms with van der Waals surface area (Å²) in [6.07, 6.45) is 1.31. The predicted octanol–water partition coefficient (Wildman–Crippen LogP) is 4.11. The van der Waals surface area contributed by atoms with E-state index in [4.69, 9.17) is 0 Å². The van der Waals surface area contributed by atoms with E-state index in [-0.39, 0.29) is 11.5 Å². The highest BCUT2D eigenvalue weighted by molar-refractivity contribution is 5.55. The van der Waals surface area contributed by atoms with Crippen LogP contribution in [0.15, 0.2) is 42.5 Å². The highest BCUT2D eigenvalue weighted by Crippen LogP contribution is 2.34. The van der Waals surface area contributed by atoms with Crippen molar-refractivity contribution in [3.05, 3.63) is 65.2 Å². The van der Waals surface area contributed by atoms with Crippen molar-refractivity contribution in [1.82, 2.24) is 0 Å². The van der Waals surface area contributed by atoms with Crippen LogP contribution in [-0.4, -0.2) is 6.54 Å². The number of halogens is 2. The molecule has 0 saturated carbocycles. The summed E-state index contributed by atoms with van der Waals surface area (Å²) in [5, 5.41) is 3.32. The quantitative estimate of drug-likeness (QED) is 0.856. The third kappa shape index (κ3) is 2.33. The van der Waals surface area contributed by atoms with E-state index >= 15 is 0 Å². The molecule has 0 aliphatic carbocycles. The standard InChI is InChI=1S/C16H15F2N/c17-14-5-3-6-15(18)13(14)10-11-8-9-19-16-7-2-1-4-12(11)16/h1-7,11,19H,8-10H2. The Labute approximate surface area is 111 Å². The van der Waals surface area contributed by atoms with E-state index in [1.165, 1.54) is 18.2 Å². The Bertz CT molecular complexity index is 575. The van der Waals surface area contributed by atoms with Gasteiger partial charge in [-0.3, -0.25) is 0 Å². The molecule has 0 spiro atoms. The Morgan fingerprint density at radius 2 is 1.74 bits per heavy atom.